The first-order chi connectivity index (χ1) is 12.9. The fourth-order valence-corrected chi connectivity index (χ4v) is 3.32. The quantitative estimate of drug-likeness (QED) is 0.789. The summed E-state index contributed by atoms with van der Waals surface area (Å²) < 4.78 is 10.4. The Labute approximate surface area is 161 Å². The van der Waals surface area contributed by atoms with Gasteiger partial charge in [0.05, 0.1) is 20.3 Å². The van der Waals surface area contributed by atoms with Gasteiger partial charge in [-0.3, -0.25) is 9.69 Å². The predicted molar refractivity (Wildman–Crippen MR) is 104 cm³/mol. The molecule has 0 saturated carbocycles. The minimum Gasteiger partial charge on any atom is -0.496 e. The van der Waals surface area contributed by atoms with Crippen molar-refractivity contribution in [1.82, 2.24) is 15.1 Å². The second-order valence-electron chi connectivity index (χ2n) is 7.02. The molecule has 1 N–H and O–H groups in total. The summed E-state index contributed by atoms with van der Waals surface area (Å²) in [6.07, 6.45) is 1.23. The van der Waals surface area contributed by atoms with E-state index in [1.807, 2.05) is 31.0 Å². The third-order valence-electron chi connectivity index (χ3n) is 4.68. The smallest absolute Gasteiger partial charge is 0.409 e. The Balaban J connectivity index is 1.77. The van der Waals surface area contributed by atoms with Gasteiger partial charge in [0.15, 0.2) is 0 Å². The molecule has 1 heterocycles. The molecule has 1 aromatic rings. The van der Waals surface area contributed by atoms with Crippen molar-refractivity contribution < 1.29 is 19.1 Å². The average Bonchev–Trinajstić information content (AvgIpc) is 2.62. The minimum absolute atomic E-state index is 0.00120. The Morgan fingerprint density at radius 2 is 2.00 bits per heavy atom. The first-order valence-electron chi connectivity index (χ1n) is 9.46. The predicted octanol–water partition coefficient (Wildman–Crippen LogP) is 2.17. The summed E-state index contributed by atoms with van der Waals surface area (Å²) in [5.74, 6) is 0.831. The van der Waals surface area contributed by atoms with Crippen molar-refractivity contribution >= 4 is 12.0 Å². The summed E-state index contributed by atoms with van der Waals surface area (Å²) in [7, 11) is 3.58. The van der Waals surface area contributed by atoms with Crippen LogP contribution in [0.5, 0.6) is 5.75 Å². The number of carbonyl (C=O) groups is 2. The Kier molecular flexibility index (Phi) is 7.91. The molecule has 0 aliphatic carbocycles. The lowest BCUT2D eigenvalue weighted by molar-refractivity contribution is -0.123. The van der Waals surface area contributed by atoms with Gasteiger partial charge in [0, 0.05) is 31.2 Å². The number of methoxy groups -OCH3 is 1. The summed E-state index contributed by atoms with van der Waals surface area (Å²) >= 11 is 0. The Morgan fingerprint density at radius 3 is 2.63 bits per heavy atom. The van der Waals surface area contributed by atoms with E-state index in [2.05, 4.69) is 11.4 Å². The number of ether oxygens (including phenoxy) is 2. The lowest BCUT2D eigenvalue weighted by Crippen LogP contribution is -2.48. The second kappa shape index (κ2) is 10.2. The minimum atomic E-state index is -0.269. The van der Waals surface area contributed by atoms with Gasteiger partial charge in [0.2, 0.25) is 5.91 Å². The molecule has 0 bridgehead atoms. The van der Waals surface area contributed by atoms with Crippen LogP contribution in [0.4, 0.5) is 4.79 Å². The molecule has 2 amide bonds. The fraction of sp³-hybridized carbons (Fsp3) is 0.600. The van der Waals surface area contributed by atoms with Crippen molar-refractivity contribution in [2.75, 3.05) is 40.4 Å². The number of hydrogen-bond acceptors (Lipinski definition) is 5. The molecule has 150 valence electrons. The van der Waals surface area contributed by atoms with Crippen LogP contribution in [0.1, 0.15) is 30.9 Å². The van der Waals surface area contributed by atoms with E-state index in [4.69, 9.17) is 9.47 Å². The lowest BCUT2D eigenvalue weighted by Gasteiger charge is -2.32. The molecule has 7 nitrogen and oxygen atoms in total. The first kappa shape index (κ1) is 21.0. The number of nitrogens with one attached hydrogen (secondary N) is 1. The molecule has 1 saturated heterocycles. The van der Waals surface area contributed by atoms with E-state index in [0.717, 1.165) is 29.7 Å². The van der Waals surface area contributed by atoms with Gasteiger partial charge in [-0.25, -0.2) is 4.79 Å². The molecule has 0 spiro atoms. The maximum absolute atomic E-state index is 12.4. The molecule has 27 heavy (non-hydrogen) atoms. The topological polar surface area (TPSA) is 71.1 Å². The van der Waals surface area contributed by atoms with Gasteiger partial charge in [-0.2, -0.15) is 0 Å². The summed E-state index contributed by atoms with van der Waals surface area (Å²) in [5, 5.41) is 3.08. The summed E-state index contributed by atoms with van der Waals surface area (Å²) in [5.41, 5.74) is 2.23. The molecule has 0 atom stereocenters. The van der Waals surface area contributed by atoms with Gasteiger partial charge in [-0.05, 0) is 39.8 Å². The summed E-state index contributed by atoms with van der Waals surface area (Å²) in [6, 6.07) is 6.15. The zero-order valence-corrected chi connectivity index (χ0v) is 16.8. The lowest BCUT2D eigenvalue weighted by atomic mass is 10.1. The normalized spacial score (nSPS) is 14.9. The number of hydrogen-bond donors (Lipinski definition) is 1. The highest BCUT2D eigenvalue weighted by atomic mass is 16.6. The third-order valence-corrected chi connectivity index (χ3v) is 4.68. The number of rotatable bonds is 7. The Hall–Kier alpha value is -2.28. The standard InChI is InChI=1S/C20H31N3O4/c1-5-27-20(25)23-10-8-17(9-11-23)21-19(24)14-22(3)13-16-12-15(2)6-7-18(16)26-4/h6-7,12,17H,5,8-11,13-14H2,1-4H3,(H,21,24). The number of nitrogens with zero attached hydrogens (tertiary/aromatic N) is 2. The van der Waals surface area contributed by atoms with E-state index in [-0.39, 0.29) is 18.0 Å². The number of amides is 2. The van der Waals surface area contributed by atoms with Gasteiger partial charge in [-0.1, -0.05) is 17.7 Å². The van der Waals surface area contributed by atoms with Crippen LogP contribution in [0.15, 0.2) is 18.2 Å². The van der Waals surface area contributed by atoms with Gasteiger partial charge in [-0.15, -0.1) is 0 Å². The van der Waals surface area contributed by atoms with Crippen LogP contribution in [-0.2, 0) is 16.1 Å². The van der Waals surface area contributed by atoms with Crippen LogP contribution in [0.25, 0.3) is 0 Å². The van der Waals surface area contributed by atoms with E-state index in [9.17, 15) is 9.59 Å². The summed E-state index contributed by atoms with van der Waals surface area (Å²) in [6.45, 7) is 6.40. The maximum Gasteiger partial charge on any atom is 0.409 e. The molecular weight excluding hydrogens is 346 g/mol. The second-order valence-corrected chi connectivity index (χ2v) is 7.02. The molecule has 1 fully saturated rings. The maximum atomic E-state index is 12.4. The van der Waals surface area contributed by atoms with Gasteiger partial charge in [0.1, 0.15) is 5.75 Å². The largest absolute Gasteiger partial charge is 0.496 e. The van der Waals surface area contributed by atoms with Crippen LogP contribution in [-0.4, -0.2) is 68.2 Å². The van der Waals surface area contributed by atoms with E-state index in [1.165, 1.54) is 0 Å². The Morgan fingerprint density at radius 1 is 1.30 bits per heavy atom. The number of aryl methyl sites for hydroxylation is 1. The van der Waals surface area contributed by atoms with Crippen molar-refractivity contribution in [2.45, 2.75) is 39.3 Å². The van der Waals surface area contributed by atoms with Gasteiger partial charge >= 0.3 is 6.09 Å². The Bertz CT molecular complexity index is 642. The number of carbonyl (C=O) groups excluding carboxylic acids is 2. The van der Waals surface area contributed by atoms with E-state index in [1.54, 1.807) is 18.9 Å². The van der Waals surface area contributed by atoms with Crippen LogP contribution in [0.2, 0.25) is 0 Å². The van der Waals surface area contributed by atoms with E-state index < -0.39 is 0 Å². The molecule has 7 heteroatoms. The van der Waals surface area contributed by atoms with Crippen LogP contribution in [0, 0.1) is 6.92 Å². The number of benzene rings is 1. The highest BCUT2D eigenvalue weighted by Gasteiger charge is 2.24. The summed E-state index contributed by atoms with van der Waals surface area (Å²) in [4.78, 5) is 27.8. The number of piperidine rings is 1. The first-order valence-corrected chi connectivity index (χ1v) is 9.46. The molecule has 0 unspecified atom stereocenters. The molecular formula is C20H31N3O4. The van der Waals surface area contributed by atoms with Crippen molar-refractivity contribution in [2.24, 2.45) is 0 Å². The van der Waals surface area contributed by atoms with E-state index >= 15 is 0 Å². The highest BCUT2D eigenvalue weighted by molar-refractivity contribution is 5.78. The van der Waals surface area contributed by atoms with E-state index in [0.29, 0.717) is 32.8 Å². The van der Waals surface area contributed by atoms with Crippen LogP contribution in [0.3, 0.4) is 0 Å². The van der Waals surface area contributed by atoms with Crippen molar-refractivity contribution in [1.29, 1.82) is 0 Å². The molecule has 1 aromatic carbocycles. The molecule has 2 rings (SSSR count). The molecule has 0 radical (unpaired) electrons. The molecule has 0 aromatic heterocycles. The zero-order valence-electron chi connectivity index (χ0n) is 16.8. The SMILES string of the molecule is CCOC(=O)N1CCC(NC(=O)CN(C)Cc2cc(C)ccc2OC)CC1. The van der Waals surface area contributed by atoms with Gasteiger partial charge < -0.3 is 19.7 Å². The number of likely N-dealkylation sites (tertiary alicyclic amines) is 1. The molecule has 1 aliphatic rings. The average molecular weight is 377 g/mol. The monoisotopic (exact) mass is 377 g/mol. The molecule has 1 aliphatic heterocycles. The third kappa shape index (κ3) is 6.43. The van der Waals surface area contributed by atoms with Crippen molar-refractivity contribution in [3.63, 3.8) is 0 Å². The number of likely N-dealkylation sites (N-methyl/N-ethyl adjacent to an activating group) is 1. The highest BCUT2D eigenvalue weighted by Crippen LogP contribution is 2.21. The van der Waals surface area contributed by atoms with Crippen molar-refractivity contribution in [3.05, 3.63) is 29.3 Å². The van der Waals surface area contributed by atoms with Crippen molar-refractivity contribution in [3.8, 4) is 5.75 Å². The fourth-order valence-electron chi connectivity index (χ4n) is 3.32. The van der Waals surface area contributed by atoms with Crippen LogP contribution < -0.4 is 10.1 Å². The van der Waals surface area contributed by atoms with Gasteiger partial charge in [0.25, 0.3) is 0 Å². The zero-order chi connectivity index (χ0) is 19.8. The van der Waals surface area contributed by atoms with Crippen LogP contribution >= 0.6 is 0 Å².